The summed E-state index contributed by atoms with van der Waals surface area (Å²) >= 11 is 11.1. The van der Waals surface area contributed by atoms with Crippen LogP contribution in [0.25, 0.3) is 0 Å². The van der Waals surface area contributed by atoms with E-state index in [0.717, 1.165) is 11.1 Å². The van der Waals surface area contributed by atoms with Crippen LogP contribution < -0.4 is 5.73 Å². The number of benzene rings is 1. The number of hydrogen-bond donors (Lipinski definition) is 1. The molecule has 1 fully saturated rings. The average molecular weight is 333 g/mol. The van der Waals surface area contributed by atoms with E-state index in [1.807, 2.05) is 24.1 Å². The molecular formula is C13H17ClN2O2S2. The van der Waals surface area contributed by atoms with Crippen LogP contribution >= 0.6 is 23.8 Å². The lowest BCUT2D eigenvalue weighted by atomic mass is 10.1. The summed E-state index contributed by atoms with van der Waals surface area (Å²) in [6.45, 7) is 0.608. The number of sulfone groups is 1. The summed E-state index contributed by atoms with van der Waals surface area (Å²) in [6.07, 6.45) is 0.682. The summed E-state index contributed by atoms with van der Waals surface area (Å²) in [6, 6.07) is 5.53. The molecule has 20 heavy (non-hydrogen) atoms. The first kappa shape index (κ1) is 15.7. The van der Waals surface area contributed by atoms with Gasteiger partial charge in [0.2, 0.25) is 0 Å². The van der Waals surface area contributed by atoms with E-state index in [0.29, 0.717) is 23.0 Å². The van der Waals surface area contributed by atoms with Gasteiger partial charge in [-0.15, -0.1) is 0 Å². The summed E-state index contributed by atoms with van der Waals surface area (Å²) in [4.78, 5) is 2.35. The molecule has 2 rings (SSSR count). The van der Waals surface area contributed by atoms with Crippen molar-refractivity contribution >= 4 is 38.6 Å². The Labute approximate surface area is 129 Å². The Morgan fingerprint density at radius 3 is 2.75 bits per heavy atom. The Kier molecular flexibility index (Phi) is 4.69. The van der Waals surface area contributed by atoms with Gasteiger partial charge in [0, 0.05) is 23.2 Å². The Morgan fingerprint density at radius 2 is 2.25 bits per heavy atom. The van der Waals surface area contributed by atoms with E-state index < -0.39 is 9.84 Å². The first-order valence-electron chi connectivity index (χ1n) is 6.27. The molecular weight excluding hydrogens is 316 g/mol. The molecule has 0 radical (unpaired) electrons. The zero-order valence-corrected chi connectivity index (χ0v) is 13.6. The van der Waals surface area contributed by atoms with Crippen molar-refractivity contribution in [1.82, 2.24) is 4.90 Å². The lowest BCUT2D eigenvalue weighted by Crippen LogP contribution is -2.32. The van der Waals surface area contributed by atoms with Crippen molar-refractivity contribution in [3.8, 4) is 0 Å². The van der Waals surface area contributed by atoms with Crippen LogP contribution in [0.2, 0.25) is 5.02 Å². The van der Waals surface area contributed by atoms with Crippen molar-refractivity contribution in [3.05, 3.63) is 34.3 Å². The molecule has 0 aliphatic carbocycles. The molecule has 0 amide bonds. The summed E-state index contributed by atoms with van der Waals surface area (Å²) in [7, 11) is -0.949. The fourth-order valence-electron chi connectivity index (χ4n) is 2.35. The van der Waals surface area contributed by atoms with Crippen LogP contribution in [-0.2, 0) is 16.4 Å². The molecule has 110 valence electrons. The lowest BCUT2D eigenvalue weighted by molar-refractivity contribution is 0.254. The van der Waals surface area contributed by atoms with Crippen LogP contribution in [0.15, 0.2) is 18.2 Å². The molecule has 0 bridgehead atoms. The van der Waals surface area contributed by atoms with Gasteiger partial charge in [0.25, 0.3) is 0 Å². The van der Waals surface area contributed by atoms with Gasteiger partial charge >= 0.3 is 0 Å². The van der Waals surface area contributed by atoms with Gasteiger partial charge in [-0.2, -0.15) is 0 Å². The highest BCUT2D eigenvalue weighted by molar-refractivity contribution is 7.91. The van der Waals surface area contributed by atoms with Crippen molar-refractivity contribution in [1.29, 1.82) is 0 Å². The van der Waals surface area contributed by atoms with Crippen LogP contribution in [-0.4, -0.2) is 42.9 Å². The largest absolute Gasteiger partial charge is 0.389 e. The number of hydrogen-bond acceptors (Lipinski definition) is 4. The maximum Gasteiger partial charge on any atom is 0.151 e. The van der Waals surface area contributed by atoms with E-state index in [9.17, 15) is 8.42 Å². The maximum absolute atomic E-state index is 11.5. The molecule has 1 aliphatic heterocycles. The molecule has 7 heteroatoms. The Morgan fingerprint density at radius 1 is 1.55 bits per heavy atom. The molecule has 1 unspecified atom stereocenters. The molecule has 1 aromatic carbocycles. The third-order valence-corrected chi connectivity index (χ3v) is 5.93. The zero-order chi connectivity index (χ0) is 14.9. The van der Waals surface area contributed by atoms with Gasteiger partial charge in [-0.1, -0.05) is 36.0 Å². The second-order valence-corrected chi connectivity index (χ2v) is 8.22. The molecule has 1 heterocycles. The molecule has 2 N–H and O–H groups in total. The number of nitrogens with zero attached hydrogens (tertiary/aromatic N) is 1. The summed E-state index contributed by atoms with van der Waals surface area (Å²) in [5.41, 5.74) is 7.24. The van der Waals surface area contributed by atoms with E-state index in [2.05, 4.69) is 0 Å². The van der Waals surface area contributed by atoms with Crippen molar-refractivity contribution < 1.29 is 8.42 Å². The van der Waals surface area contributed by atoms with E-state index in [-0.39, 0.29) is 17.5 Å². The molecule has 0 aromatic heterocycles. The van der Waals surface area contributed by atoms with Crippen LogP contribution in [0.3, 0.4) is 0 Å². The molecule has 0 spiro atoms. The van der Waals surface area contributed by atoms with Crippen LogP contribution in [0.5, 0.6) is 0 Å². The SMILES string of the molecule is CN(Cc1ccc(C(N)=S)cc1Cl)C1CCS(=O)(=O)C1. The van der Waals surface area contributed by atoms with Crippen molar-refractivity contribution in [3.63, 3.8) is 0 Å². The van der Waals surface area contributed by atoms with Gasteiger partial charge in [0.1, 0.15) is 4.99 Å². The molecule has 1 atom stereocenters. The van der Waals surface area contributed by atoms with Crippen molar-refractivity contribution in [2.75, 3.05) is 18.6 Å². The number of halogens is 1. The average Bonchev–Trinajstić information content (AvgIpc) is 2.72. The third kappa shape index (κ3) is 3.69. The standard InChI is InChI=1S/C13H17ClN2O2S2/c1-16(11-4-5-20(17,18)8-11)7-10-3-2-9(13(15)19)6-12(10)14/h2-3,6,11H,4-5,7-8H2,1H3,(H2,15,19). The van der Waals surface area contributed by atoms with Crippen LogP contribution in [0, 0.1) is 0 Å². The highest BCUT2D eigenvalue weighted by Crippen LogP contribution is 2.23. The third-order valence-electron chi connectivity index (χ3n) is 3.59. The predicted octanol–water partition coefficient (Wildman–Crippen LogP) is 1.59. The minimum Gasteiger partial charge on any atom is -0.389 e. The lowest BCUT2D eigenvalue weighted by Gasteiger charge is -2.23. The number of rotatable bonds is 4. The fourth-order valence-corrected chi connectivity index (χ4v) is 4.52. The highest BCUT2D eigenvalue weighted by atomic mass is 35.5. The smallest absolute Gasteiger partial charge is 0.151 e. The van der Waals surface area contributed by atoms with Crippen LogP contribution in [0.4, 0.5) is 0 Å². The maximum atomic E-state index is 11.5. The molecule has 1 aromatic rings. The first-order valence-corrected chi connectivity index (χ1v) is 8.88. The van der Waals surface area contributed by atoms with Crippen molar-refractivity contribution in [2.24, 2.45) is 5.73 Å². The van der Waals surface area contributed by atoms with Gasteiger partial charge < -0.3 is 5.73 Å². The van der Waals surface area contributed by atoms with Gasteiger partial charge in [0.05, 0.1) is 11.5 Å². The predicted molar refractivity (Wildman–Crippen MR) is 85.9 cm³/mol. The van der Waals surface area contributed by atoms with E-state index in [4.69, 9.17) is 29.6 Å². The van der Waals surface area contributed by atoms with Gasteiger partial charge in [-0.05, 0) is 25.1 Å². The molecule has 4 nitrogen and oxygen atoms in total. The fraction of sp³-hybridized carbons (Fsp3) is 0.462. The second kappa shape index (κ2) is 5.97. The van der Waals surface area contributed by atoms with Crippen molar-refractivity contribution in [2.45, 2.75) is 19.0 Å². The highest BCUT2D eigenvalue weighted by Gasteiger charge is 2.30. The monoisotopic (exact) mass is 332 g/mol. The Hall–Kier alpha value is -0.690. The van der Waals surface area contributed by atoms with Gasteiger partial charge in [-0.25, -0.2) is 8.42 Å². The number of nitrogens with two attached hydrogens (primary N) is 1. The summed E-state index contributed by atoms with van der Waals surface area (Å²) in [5, 5.41) is 0.600. The normalized spacial score (nSPS) is 21.2. The van der Waals surface area contributed by atoms with Crippen LogP contribution in [0.1, 0.15) is 17.5 Å². The zero-order valence-electron chi connectivity index (χ0n) is 11.2. The van der Waals surface area contributed by atoms with Gasteiger partial charge in [-0.3, -0.25) is 4.90 Å². The molecule has 1 saturated heterocycles. The molecule has 0 saturated carbocycles. The topological polar surface area (TPSA) is 63.4 Å². The second-order valence-electron chi connectivity index (χ2n) is 5.14. The van der Waals surface area contributed by atoms with Gasteiger partial charge in [0.15, 0.2) is 9.84 Å². The van der Waals surface area contributed by atoms with E-state index >= 15 is 0 Å². The number of thiocarbonyl (C=S) groups is 1. The quantitative estimate of drug-likeness (QED) is 0.848. The molecule has 1 aliphatic rings. The van der Waals surface area contributed by atoms with E-state index in [1.54, 1.807) is 6.07 Å². The van der Waals surface area contributed by atoms with E-state index in [1.165, 1.54) is 0 Å². The minimum atomic E-state index is -2.87. The Balaban J connectivity index is 2.08. The summed E-state index contributed by atoms with van der Waals surface area (Å²) < 4.78 is 23.0. The Bertz CT molecular complexity index is 631. The summed E-state index contributed by atoms with van der Waals surface area (Å²) in [5.74, 6) is 0.502. The minimum absolute atomic E-state index is 0.0614. The first-order chi connectivity index (χ1) is 9.28.